The Morgan fingerprint density at radius 2 is 2.04 bits per heavy atom. The Balaban J connectivity index is 2.09. The molecule has 1 unspecified atom stereocenters. The van der Waals surface area contributed by atoms with Crippen molar-refractivity contribution in [3.8, 4) is 0 Å². The molecule has 1 saturated heterocycles. The third-order valence-electron chi connectivity index (χ3n) is 5.78. The lowest BCUT2D eigenvalue weighted by molar-refractivity contribution is -0.126. The fourth-order valence-electron chi connectivity index (χ4n) is 4.24. The van der Waals surface area contributed by atoms with Gasteiger partial charge in [0.1, 0.15) is 12.3 Å². The lowest BCUT2D eigenvalue weighted by Gasteiger charge is -2.36. The van der Waals surface area contributed by atoms with Gasteiger partial charge in [0, 0.05) is 19.1 Å². The Hall–Kier alpha value is -1.34. The minimum atomic E-state index is -0.980. The molecule has 2 aliphatic rings. The molecular formula is C19H35N3O4. The first-order chi connectivity index (χ1) is 12.5. The van der Waals surface area contributed by atoms with E-state index in [-0.39, 0.29) is 0 Å². The van der Waals surface area contributed by atoms with Crippen molar-refractivity contribution in [1.29, 1.82) is 0 Å². The van der Waals surface area contributed by atoms with Gasteiger partial charge in [-0.25, -0.2) is 4.79 Å². The van der Waals surface area contributed by atoms with E-state index in [0.717, 1.165) is 38.5 Å². The fraction of sp³-hybridized carbons (Fsp3) is 0.895. The van der Waals surface area contributed by atoms with Crippen LogP contribution in [0, 0.1) is 5.92 Å². The molecule has 1 saturated carbocycles. The topological polar surface area (TPSA) is 96.1 Å². The van der Waals surface area contributed by atoms with Crippen molar-refractivity contribution in [3.05, 3.63) is 0 Å². The molecular weight excluding hydrogens is 334 g/mol. The standard InChI is InChI=1S/C19H35N3O4/c1-3-5-11-21(13-23)18-17(26-19(25)22(18)4-2)16(24)15(20)12-14-9-7-6-8-10-14/h13-18,24H,3-12,20H2,1-2H3/t15-,16?,17+,18+/m0/s1. The number of amides is 2. The predicted octanol–water partition coefficient (Wildman–Crippen LogP) is 2.07. The monoisotopic (exact) mass is 369 g/mol. The molecule has 0 aromatic carbocycles. The van der Waals surface area contributed by atoms with E-state index >= 15 is 0 Å². The molecule has 2 rings (SSSR count). The average molecular weight is 370 g/mol. The number of hydrogen-bond donors (Lipinski definition) is 2. The second-order valence-electron chi connectivity index (χ2n) is 7.64. The van der Waals surface area contributed by atoms with Gasteiger partial charge in [-0.15, -0.1) is 0 Å². The summed E-state index contributed by atoms with van der Waals surface area (Å²) in [7, 11) is 0. The van der Waals surface area contributed by atoms with Crippen molar-refractivity contribution in [2.75, 3.05) is 13.1 Å². The zero-order valence-corrected chi connectivity index (χ0v) is 16.2. The van der Waals surface area contributed by atoms with Gasteiger partial charge in [-0.1, -0.05) is 45.4 Å². The van der Waals surface area contributed by atoms with Crippen molar-refractivity contribution in [2.24, 2.45) is 11.7 Å². The van der Waals surface area contributed by atoms with Gasteiger partial charge in [0.25, 0.3) is 0 Å². The van der Waals surface area contributed by atoms with Crippen LogP contribution in [0.3, 0.4) is 0 Å². The van der Waals surface area contributed by atoms with E-state index in [9.17, 15) is 14.7 Å². The van der Waals surface area contributed by atoms with Crippen LogP contribution >= 0.6 is 0 Å². The number of hydrogen-bond acceptors (Lipinski definition) is 5. The number of carbonyl (C=O) groups is 2. The quantitative estimate of drug-likeness (QED) is 0.575. The van der Waals surface area contributed by atoms with E-state index in [4.69, 9.17) is 10.5 Å². The molecule has 7 nitrogen and oxygen atoms in total. The van der Waals surface area contributed by atoms with Crippen LogP contribution in [0.5, 0.6) is 0 Å². The number of carbonyl (C=O) groups excluding carboxylic acids is 2. The zero-order valence-electron chi connectivity index (χ0n) is 16.2. The summed E-state index contributed by atoms with van der Waals surface area (Å²) in [5.41, 5.74) is 6.30. The van der Waals surface area contributed by atoms with Gasteiger partial charge in [-0.05, 0) is 25.7 Å². The average Bonchev–Trinajstić information content (AvgIpc) is 2.98. The summed E-state index contributed by atoms with van der Waals surface area (Å²) in [6, 6.07) is -0.463. The van der Waals surface area contributed by atoms with Crippen molar-refractivity contribution < 1.29 is 19.4 Å². The SMILES string of the molecule is CCCCN(C=O)[C@H]1[C@@H](C(O)[C@@H](N)CC2CCCCC2)OC(=O)N1CC. The van der Waals surface area contributed by atoms with Crippen LogP contribution in [-0.2, 0) is 9.53 Å². The van der Waals surface area contributed by atoms with E-state index in [2.05, 4.69) is 0 Å². The normalized spacial score (nSPS) is 26.5. The number of aliphatic hydroxyl groups excluding tert-OH is 1. The maximum Gasteiger partial charge on any atom is 0.412 e. The van der Waals surface area contributed by atoms with E-state index in [0.29, 0.717) is 19.0 Å². The zero-order chi connectivity index (χ0) is 19.1. The number of cyclic esters (lactones) is 1. The van der Waals surface area contributed by atoms with E-state index in [1.165, 1.54) is 24.2 Å². The van der Waals surface area contributed by atoms with Gasteiger partial charge in [-0.3, -0.25) is 9.69 Å². The third-order valence-corrected chi connectivity index (χ3v) is 5.78. The molecule has 4 atom stereocenters. The van der Waals surface area contributed by atoms with E-state index < -0.39 is 30.5 Å². The number of nitrogens with zero attached hydrogens (tertiary/aromatic N) is 2. The minimum absolute atomic E-state index is 0.418. The lowest BCUT2D eigenvalue weighted by atomic mass is 9.83. The number of ether oxygens (including phenoxy) is 1. The molecule has 3 N–H and O–H groups in total. The largest absolute Gasteiger partial charge is 0.439 e. The smallest absolute Gasteiger partial charge is 0.412 e. The molecule has 1 aliphatic heterocycles. The Labute approximate surface area is 156 Å². The molecule has 26 heavy (non-hydrogen) atoms. The molecule has 0 bridgehead atoms. The second-order valence-corrected chi connectivity index (χ2v) is 7.64. The summed E-state index contributed by atoms with van der Waals surface area (Å²) >= 11 is 0. The predicted molar refractivity (Wildman–Crippen MR) is 99.3 cm³/mol. The van der Waals surface area contributed by atoms with Crippen LogP contribution in [0.4, 0.5) is 4.79 Å². The Morgan fingerprint density at radius 3 is 2.62 bits per heavy atom. The van der Waals surface area contributed by atoms with Gasteiger partial charge < -0.3 is 20.5 Å². The van der Waals surface area contributed by atoms with Crippen LogP contribution in [0.2, 0.25) is 0 Å². The molecule has 0 spiro atoms. The molecule has 7 heteroatoms. The van der Waals surface area contributed by atoms with Gasteiger partial charge in [0.15, 0.2) is 6.10 Å². The molecule has 0 aromatic rings. The third kappa shape index (κ3) is 4.88. The summed E-state index contributed by atoms with van der Waals surface area (Å²) in [6.07, 6.45) is 6.37. The maximum absolute atomic E-state index is 12.2. The molecule has 2 fully saturated rings. The number of aliphatic hydroxyl groups is 1. The first-order valence-corrected chi connectivity index (χ1v) is 10.1. The summed E-state index contributed by atoms with van der Waals surface area (Å²) in [5.74, 6) is 0.522. The maximum atomic E-state index is 12.2. The highest BCUT2D eigenvalue weighted by Gasteiger charge is 2.49. The summed E-state index contributed by atoms with van der Waals surface area (Å²) in [4.78, 5) is 27.0. The molecule has 0 radical (unpaired) electrons. The van der Waals surface area contributed by atoms with Gasteiger partial charge in [0.05, 0.1) is 0 Å². The molecule has 1 heterocycles. The molecule has 0 aromatic heterocycles. The van der Waals surface area contributed by atoms with E-state index in [1.807, 2.05) is 13.8 Å². The van der Waals surface area contributed by atoms with Crippen molar-refractivity contribution >= 4 is 12.5 Å². The summed E-state index contributed by atoms with van der Waals surface area (Å²) in [6.45, 7) is 4.83. The van der Waals surface area contributed by atoms with Crippen LogP contribution < -0.4 is 5.73 Å². The van der Waals surface area contributed by atoms with Crippen molar-refractivity contribution in [1.82, 2.24) is 9.80 Å². The Morgan fingerprint density at radius 1 is 1.35 bits per heavy atom. The molecule has 1 aliphatic carbocycles. The van der Waals surface area contributed by atoms with Crippen molar-refractivity contribution in [2.45, 2.75) is 89.6 Å². The highest BCUT2D eigenvalue weighted by Crippen LogP contribution is 2.30. The van der Waals surface area contributed by atoms with Crippen LogP contribution in [0.15, 0.2) is 0 Å². The van der Waals surface area contributed by atoms with Crippen LogP contribution in [-0.4, -0.2) is 64.9 Å². The van der Waals surface area contributed by atoms with Crippen LogP contribution in [0.25, 0.3) is 0 Å². The summed E-state index contributed by atoms with van der Waals surface area (Å²) < 4.78 is 5.47. The number of nitrogens with two attached hydrogens (primary N) is 1. The summed E-state index contributed by atoms with van der Waals surface area (Å²) in [5, 5.41) is 10.8. The highest BCUT2D eigenvalue weighted by molar-refractivity contribution is 5.71. The first-order valence-electron chi connectivity index (χ1n) is 10.1. The van der Waals surface area contributed by atoms with Gasteiger partial charge >= 0.3 is 6.09 Å². The number of unbranched alkanes of at least 4 members (excludes halogenated alkanes) is 1. The highest BCUT2D eigenvalue weighted by atomic mass is 16.6. The second kappa shape index (κ2) is 10.1. The first kappa shape index (κ1) is 21.0. The Kier molecular flexibility index (Phi) is 8.15. The number of rotatable bonds is 10. The molecule has 150 valence electrons. The van der Waals surface area contributed by atoms with E-state index in [1.54, 1.807) is 4.90 Å². The van der Waals surface area contributed by atoms with Crippen molar-refractivity contribution in [3.63, 3.8) is 0 Å². The number of likely N-dealkylation sites (N-methyl/N-ethyl adjacent to an activating group) is 1. The fourth-order valence-corrected chi connectivity index (χ4v) is 4.24. The molecule has 2 amide bonds. The van der Waals surface area contributed by atoms with Gasteiger partial charge in [-0.2, -0.15) is 0 Å². The lowest BCUT2D eigenvalue weighted by Crippen LogP contribution is -2.56. The van der Waals surface area contributed by atoms with Gasteiger partial charge in [0.2, 0.25) is 6.41 Å². The Bertz CT molecular complexity index is 456. The minimum Gasteiger partial charge on any atom is -0.439 e. The van der Waals surface area contributed by atoms with Crippen LogP contribution in [0.1, 0.15) is 65.2 Å².